The Hall–Kier alpha value is -3.40. The summed E-state index contributed by atoms with van der Waals surface area (Å²) in [5.74, 6) is -0.798. The van der Waals surface area contributed by atoms with Crippen molar-refractivity contribution in [1.29, 1.82) is 0 Å². The van der Waals surface area contributed by atoms with Crippen LogP contribution in [0.25, 0.3) is 0 Å². The van der Waals surface area contributed by atoms with Gasteiger partial charge in [0.15, 0.2) is 0 Å². The number of nitrogens with two attached hydrogens (primary N) is 1. The van der Waals surface area contributed by atoms with E-state index in [1.54, 1.807) is 29.2 Å². The molecule has 3 aromatic carbocycles. The van der Waals surface area contributed by atoms with Gasteiger partial charge >= 0.3 is 0 Å². The fourth-order valence-corrected chi connectivity index (χ4v) is 3.24. The molecule has 3 rings (SSSR count). The summed E-state index contributed by atoms with van der Waals surface area (Å²) in [5, 5.41) is 0. The number of hydrogen-bond donors (Lipinski definition) is 1. The van der Waals surface area contributed by atoms with Crippen molar-refractivity contribution in [3.63, 3.8) is 0 Å². The maximum atomic E-state index is 13.4. The topological polar surface area (TPSA) is 63.4 Å². The molecule has 0 unspecified atom stereocenters. The van der Waals surface area contributed by atoms with Crippen molar-refractivity contribution in [2.45, 2.75) is 19.0 Å². The molecule has 0 aliphatic carbocycles. The quantitative estimate of drug-likeness (QED) is 0.720. The number of amides is 2. The average molecular weight is 358 g/mol. The number of primary amides is 1. The zero-order chi connectivity index (χ0) is 19.2. The lowest BCUT2D eigenvalue weighted by atomic mass is 9.98. The lowest BCUT2D eigenvalue weighted by Crippen LogP contribution is -2.43. The second-order valence-electron chi connectivity index (χ2n) is 6.38. The van der Waals surface area contributed by atoms with Crippen molar-refractivity contribution in [3.05, 3.63) is 108 Å². The van der Waals surface area contributed by atoms with Crippen LogP contribution in [-0.4, -0.2) is 16.7 Å². The summed E-state index contributed by atoms with van der Waals surface area (Å²) < 4.78 is 0. The number of carbonyl (C=O) groups excluding carboxylic acids is 2. The molecule has 0 heterocycles. The highest BCUT2D eigenvalue weighted by molar-refractivity contribution is 5.98. The smallest absolute Gasteiger partial charge is 0.255 e. The van der Waals surface area contributed by atoms with Gasteiger partial charge in [-0.1, -0.05) is 78.9 Å². The van der Waals surface area contributed by atoms with Gasteiger partial charge in [-0.25, -0.2) is 0 Å². The van der Waals surface area contributed by atoms with Gasteiger partial charge in [-0.2, -0.15) is 0 Å². The standard InChI is InChI=1S/C23H22N2O2/c1-17(18-11-5-2-6-12-18)25(23(27)20-15-9-4-10-16-20)21(22(24)26)19-13-7-3-8-14-19/h2-17,21H,1H3,(H2,24,26)/t17-,21-/m1/s1. The molecule has 27 heavy (non-hydrogen) atoms. The Labute approximate surface area is 159 Å². The second kappa shape index (κ2) is 8.32. The Balaban J connectivity index is 2.11. The summed E-state index contributed by atoms with van der Waals surface area (Å²) in [4.78, 5) is 27.4. The van der Waals surface area contributed by atoms with Crippen molar-refractivity contribution >= 4 is 11.8 Å². The molecule has 0 spiro atoms. The summed E-state index contributed by atoms with van der Waals surface area (Å²) >= 11 is 0. The minimum atomic E-state index is -0.867. The first-order valence-corrected chi connectivity index (χ1v) is 8.86. The van der Waals surface area contributed by atoms with E-state index in [0.29, 0.717) is 11.1 Å². The Morgan fingerprint density at radius 2 is 1.19 bits per heavy atom. The molecular formula is C23H22N2O2. The average Bonchev–Trinajstić information content (AvgIpc) is 2.72. The minimum absolute atomic E-state index is 0.236. The van der Waals surface area contributed by atoms with Gasteiger partial charge in [0, 0.05) is 5.56 Å². The zero-order valence-corrected chi connectivity index (χ0v) is 15.2. The van der Waals surface area contributed by atoms with Crippen LogP contribution < -0.4 is 5.73 Å². The maximum absolute atomic E-state index is 13.4. The lowest BCUT2D eigenvalue weighted by molar-refractivity contribution is -0.123. The Kier molecular flexibility index (Phi) is 5.67. The van der Waals surface area contributed by atoms with Gasteiger partial charge < -0.3 is 10.6 Å². The molecule has 2 amide bonds. The largest absolute Gasteiger partial charge is 0.368 e. The molecule has 0 bridgehead atoms. The molecule has 136 valence electrons. The van der Waals surface area contributed by atoms with Crippen LogP contribution in [-0.2, 0) is 4.79 Å². The van der Waals surface area contributed by atoms with Crippen LogP contribution in [0.15, 0.2) is 91.0 Å². The first-order valence-electron chi connectivity index (χ1n) is 8.86. The van der Waals surface area contributed by atoms with Gasteiger partial charge in [-0.05, 0) is 30.2 Å². The molecule has 0 saturated heterocycles. The highest BCUT2D eigenvalue weighted by Gasteiger charge is 2.34. The van der Waals surface area contributed by atoms with Gasteiger partial charge in [0.25, 0.3) is 5.91 Å². The van der Waals surface area contributed by atoms with E-state index >= 15 is 0 Å². The molecule has 4 nitrogen and oxygen atoms in total. The van der Waals surface area contributed by atoms with Gasteiger partial charge in [-0.3, -0.25) is 9.59 Å². The molecule has 0 aromatic heterocycles. The van der Waals surface area contributed by atoms with E-state index in [4.69, 9.17) is 5.73 Å². The monoisotopic (exact) mass is 358 g/mol. The third kappa shape index (κ3) is 4.06. The summed E-state index contributed by atoms with van der Waals surface area (Å²) in [7, 11) is 0. The first-order chi connectivity index (χ1) is 13.1. The number of benzene rings is 3. The summed E-state index contributed by atoms with van der Waals surface area (Å²) in [6.07, 6.45) is 0. The number of carbonyl (C=O) groups is 2. The maximum Gasteiger partial charge on any atom is 0.255 e. The van der Waals surface area contributed by atoms with E-state index in [9.17, 15) is 9.59 Å². The van der Waals surface area contributed by atoms with Crippen LogP contribution in [0.2, 0.25) is 0 Å². The molecule has 4 heteroatoms. The molecule has 0 aliphatic heterocycles. The number of nitrogens with zero attached hydrogens (tertiary/aromatic N) is 1. The first kappa shape index (κ1) is 18.4. The number of hydrogen-bond acceptors (Lipinski definition) is 2. The van der Waals surface area contributed by atoms with Gasteiger partial charge in [-0.15, -0.1) is 0 Å². The molecule has 0 radical (unpaired) electrons. The molecule has 2 N–H and O–H groups in total. The Bertz CT molecular complexity index is 895. The van der Waals surface area contributed by atoms with E-state index in [-0.39, 0.29) is 11.9 Å². The molecule has 3 aromatic rings. The van der Waals surface area contributed by atoms with Crippen molar-refractivity contribution in [2.24, 2.45) is 5.73 Å². The van der Waals surface area contributed by atoms with Crippen molar-refractivity contribution in [3.8, 4) is 0 Å². The summed E-state index contributed by atoms with van der Waals surface area (Å²) in [6.45, 7) is 1.91. The lowest BCUT2D eigenvalue weighted by Gasteiger charge is -2.35. The third-order valence-corrected chi connectivity index (χ3v) is 4.62. The Morgan fingerprint density at radius 1 is 0.741 bits per heavy atom. The van der Waals surface area contributed by atoms with Gasteiger partial charge in [0.1, 0.15) is 6.04 Å². The molecule has 2 atom stereocenters. The van der Waals surface area contributed by atoms with Crippen LogP contribution >= 0.6 is 0 Å². The highest BCUT2D eigenvalue weighted by Crippen LogP contribution is 2.32. The minimum Gasteiger partial charge on any atom is -0.368 e. The van der Waals surface area contributed by atoms with Crippen LogP contribution in [0.3, 0.4) is 0 Å². The van der Waals surface area contributed by atoms with Crippen molar-refractivity contribution in [2.75, 3.05) is 0 Å². The van der Waals surface area contributed by atoms with E-state index in [2.05, 4.69) is 0 Å². The van der Waals surface area contributed by atoms with Crippen molar-refractivity contribution < 1.29 is 9.59 Å². The van der Waals surface area contributed by atoms with Crippen LogP contribution in [0, 0.1) is 0 Å². The van der Waals surface area contributed by atoms with E-state index in [1.807, 2.05) is 73.7 Å². The SMILES string of the molecule is C[C@H](c1ccccc1)N(C(=O)c1ccccc1)[C@@H](C(N)=O)c1ccccc1. The molecule has 0 fully saturated rings. The predicted octanol–water partition coefficient (Wildman–Crippen LogP) is 4.12. The fourth-order valence-electron chi connectivity index (χ4n) is 3.24. The highest BCUT2D eigenvalue weighted by atomic mass is 16.2. The Morgan fingerprint density at radius 3 is 1.67 bits per heavy atom. The van der Waals surface area contributed by atoms with Crippen LogP contribution in [0.1, 0.15) is 40.5 Å². The zero-order valence-electron chi connectivity index (χ0n) is 15.2. The van der Waals surface area contributed by atoms with Gasteiger partial charge in [0.2, 0.25) is 5.91 Å². The van der Waals surface area contributed by atoms with Crippen LogP contribution in [0.4, 0.5) is 0 Å². The number of rotatable bonds is 6. The normalized spacial score (nSPS) is 12.8. The fraction of sp³-hybridized carbons (Fsp3) is 0.130. The predicted molar refractivity (Wildman–Crippen MR) is 106 cm³/mol. The molecular weight excluding hydrogens is 336 g/mol. The third-order valence-electron chi connectivity index (χ3n) is 4.62. The van der Waals surface area contributed by atoms with Crippen LogP contribution in [0.5, 0.6) is 0 Å². The summed E-state index contributed by atoms with van der Waals surface area (Å²) in [6, 6.07) is 26.6. The molecule has 0 aliphatic rings. The van der Waals surface area contributed by atoms with Gasteiger partial charge in [0.05, 0.1) is 6.04 Å². The van der Waals surface area contributed by atoms with E-state index in [1.165, 1.54) is 0 Å². The van der Waals surface area contributed by atoms with Crippen molar-refractivity contribution in [1.82, 2.24) is 4.90 Å². The summed E-state index contributed by atoms with van der Waals surface area (Å²) in [5.41, 5.74) is 7.91. The van der Waals surface area contributed by atoms with E-state index in [0.717, 1.165) is 5.56 Å². The second-order valence-corrected chi connectivity index (χ2v) is 6.38. The van der Waals surface area contributed by atoms with E-state index < -0.39 is 11.9 Å². The molecule has 0 saturated carbocycles.